The fourth-order valence-corrected chi connectivity index (χ4v) is 1.58. The summed E-state index contributed by atoms with van der Waals surface area (Å²) in [4.78, 5) is 11.5. The van der Waals surface area contributed by atoms with Crippen molar-refractivity contribution in [2.24, 2.45) is 0 Å². The number of hydrogen-bond donors (Lipinski definition) is 0. The molecule has 0 aliphatic heterocycles. The third-order valence-electron chi connectivity index (χ3n) is 2.30. The summed E-state index contributed by atoms with van der Waals surface area (Å²) in [6.07, 6.45) is 1.65. The van der Waals surface area contributed by atoms with Gasteiger partial charge in [0.2, 0.25) is 11.1 Å². The van der Waals surface area contributed by atoms with Gasteiger partial charge in [-0.15, -0.1) is 0 Å². The maximum atomic E-state index is 13.4. The van der Waals surface area contributed by atoms with Crippen molar-refractivity contribution in [3.05, 3.63) is 40.8 Å². The first kappa shape index (κ1) is 12.7. The third-order valence-corrected chi connectivity index (χ3v) is 2.48. The molecule has 2 rings (SSSR count). The van der Waals surface area contributed by atoms with Crippen LogP contribution in [0.1, 0.15) is 18.3 Å². The van der Waals surface area contributed by atoms with Gasteiger partial charge < -0.3 is 4.74 Å². The lowest BCUT2D eigenvalue weighted by atomic mass is 10.2. The molecule has 94 valence electrons. The second kappa shape index (κ2) is 5.27. The number of halogens is 2. The Morgan fingerprint density at radius 2 is 2.11 bits per heavy atom. The molecule has 0 saturated heterocycles. The van der Waals surface area contributed by atoms with E-state index in [1.54, 1.807) is 12.1 Å². The van der Waals surface area contributed by atoms with Gasteiger partial charge in [-0.2, -0.15) is 9.37 Å². The maximum Gasteiger partial charge on any atom is 0.260 e. The van der Waals surface area contributed by atoms with Gasteiger partial charge in [-0.05, 0) is 37.1 Å². The van der Waals surface area contributed by atoms with Gasteiger partial charge in [0.25, 0.3) is 5.88 Å². The van der Waals surface area contributed by atoms with E-state index in [4.69, 9.17) is 16.3 Å². The first-order valence-electron chi connectivity index (χ1n) is 5.42. The average Bonchev–Trinajstić information content (AvgIpc) is 2.36. The highest BCUT2D eigenvalue weighted by Crippen LogP contribution is 2.25. The Kier molecular flexibility index (Phi) is 3.72. The van der Waals surface area contributed by atoms with E-state index in [1.807, 2.05) is 13.8 Å². The van der Waals surface area contributed by atoms with E-state index in [9.17, 15) is 4.39 Å². The Morgan fingerprint density at radius 3 is 2.83 bits per heavy atom. The summed E-state index contributed by atoms with van der Waals surface area (Å²) in [6.45, 7) is 3.82. The zero-order chi connectivity index (χ0) is 13.1. The van der Waals surface area contributed by atoms with E-state index >= 15 is 0 Å². The first-order valence-corrected chi connectivity index (χ1v) is 5.80. The molecule has 2 heterocycles. The molecule has 0 radical (unpaired) electrons. The van der Waals surface area contributed by atoms with Crippen LogP contribution in [0.5, 0.6) is 11.6 Å². The lowest BCUT2D eigenvalue weighted by Gasteiger charge is -2.09. The largest absolute Gasteiger partial charge is 0.434 e. The van der Waals surface area contributed by atoms with Gasteiger partial charge in [-0.1, -0.05) is 6.92 Å². The number of hydrogen-bond acceptors (Lipinski definition) is 4. The molecular formula is C12H11ClFN3O. The second-order valence-electron chi connectivity index (χ2n) is 3.65. The number of pyridine rings is 1. The summed E-state index contributed by atoms with van der Waals surface area (Å²) in [7, 11) is 0. The molecule has 0 atom stereocenters. The molecule has 6 heteroatoms. The Morgan fingerprint density at radius 1 is 1.33 bits per heavy atom. The normalized spacial score (nSPS) is 10.4. The molecule has 0 amide bonds. The van der Waals surface area contributed by atoms with Crippen molar-refractivity contribution in [2.45, 2.75) is 20.3 Å². The summed E-state index contributed by atoms with van der Waals surface area (Å²) < 4.78 is 18.8. The predicted molar refractivity (Wildman–Crippen MR) is 65.4 cm³/mol. The molecule has 0 aliphatic rings. The van der Waals surface area contributed by atoms with Crippen LogP contribution in [0, 0.1) is 12.7 Å². The molecule has 0 saturated carbocycles. The minimum atomic E-state index is -0.665. The smallest absolute Gasteiger partial charge is 0.260 e. The van der Waals surface area contributed by atoms with Crippen LogP contribution in [-0.4, -0.2) is 15.0 Å². The maximum absolute atomic E-state index is 13.4. The van der Waals surface area contributed by atoms with E-state index in [2.05, 4.69) is 15.0 Å². The highest BCUT2D eigenvalue weighted by Gasteiger charge is 2.11. The van der Waals surface area contributed by atoms with Crippen molar-refractivity contribution < 1.29 is 9.13 Å². The van der Waals surface area contributed by atoms with Crippen molar-refractivity contribution in [3.8, 4) is 11.6 Å². The highest BCUT2D eigenvalue weighted by molar-refractivity contribution is 6.28. The summed E-state index contributed by atoms with van der Waals surface area (Å²) >= 11 is 5.60. The molecule has 0 aromatic carbocycles. The summed E-state index contributed by atoms with van der Waals surface area (Å²) in [5, 5.41) is -0.0653. The monoisotopic (exact) mass is 267 g/mol. The molecule has 0 N–H and O–H groups in total. The van der Waals surface area contributed by atoms with Crippen molar-refractivity contribution in [2.75, 3.05) is 0 Å². The SMILES string of the molecule is CCc1nc(C)ccc1Oc1nc(Cl)ncc1F. The van der Waals surface area contributed by atoms with Crippen LogP contribution in [0.2, 0.25) is 5.28 Å². The number of nitrogens with zero attached hydrogens (tertiary/aromatic N) is 3. The van der Waals surface area contributed by atoms with Crippen LogP contribution in [0.3, 0.4) is 0 Å². The Balaban J connectivity index is 2.36. The second-order valence-corrected chi connectivity index (χ2v) is 3.98. The van der Waals surface area contributed by atoms with E-state index < -0.39 is 5.82 Å². The van der Waals surface area contributed by atoms with Crippen LogP contribution >= 0.6 is 11.6 Å². The van der Waals surface area contributed by atoms with Crippen LogP contribution in [0.15, 0.2) is 18.3 Å². The van der Waals surface area contributed by atoms with Gasteiger partial charge in [-0.3, -0.25) is 4.98 Å². The van der Waals surface area contributed by atoms with Crippen molar-refractivity contribution in [1.29, 1.82) is 0 Å². The minimum absolute atomic E-state index is 0.0653. The van der Waals surface area contributed by atoms with Crippen molar-refractivity contribution >= 4 is 11.6 Å². The standard InChI is InChI=1S/C12H11ClFN3O/c1-3-9-10(5-4-7(2)16-9)18-11-8(14)6-15-12(13)17-11/h4-6H,3H2,1-2H3. The van der Waals surface area contributed by atoms with Crippen LogP contribution in [-0.2, 0) is 6.42 Å². The molecule has 0 fully saturated rings. The Bertz CT molecular complexity index is 577. The topological polar surface area (TPSA) is 47.9 Å². The van der Waals surface area contributed by atoms with Gasteiger partial charge in [0.05, 0.1) is 11.9 Å². The molecule has 0 aliphatic carbocycles. The van der Waals surface area contributed by atoms with E-state index in [1.165, 1.54) is 0 Å². The number of aromatic nitrogens is 3. The summed E-state index contributed by atoms with van der Waals surface area (Å²) in [5.74, 6) is -0.394. The molecular weight excluding hydrogens is 257 g/mol. The van der Waals surface area contributed by atoms with Gasteiger partial charge in [0, 0.05) is 5.69 Å². The molecule has 0 spiro atoms. The molecule has 18 heavy (non-hydrogen) atoms. The number of rotatable bonds is 3. The molecule has 0 bridgehead atoms. The lowest BCUT2D eigenvalue weighted by molar-refractivity contribution is 0.413. The van der Waals surface area contributed by atoms with Gasteiger partial charge >= 0.3 is 0 Å². The lowest BCUT2D eigenvalue weighted by Crippen LogP contribution is -1.99. The highest BCUT2D eigenvalue weighted by atomic mass is 35.5. The summed E-state index contributed by atoms with van der Waals surface area (Å²) in [5.41, 5.74) is 1.62. The molecule has 2 aromatic rings. The molecule has 0 unspecified atom stereocenters. The van der Waals surface area contributed by atoms with Crippen molar-refractivity contribution in [3.63, 3.8) is 0 Å². The zero-order valence-corrected chi connectivity index (χ0v) is 10.7. The number of aryl methyl sites for hydroxylation is 2. The number of ether oxygens (including phenoxy) is 1. The van der Waals surface area contributed by atoms with Gasteiger partial charge in [0.1, 0.15) is 0 Å². The van der Waals surface area contributed by atoms with Crippen molar-refractivity contribution in [1.82, 2.24) is 15.0 Å². The Hall–Kier alpha value is -1.75. The molecule has 2 aromatic heterocycles. The van der Waals surface area contributed by atoms with Crippen LogP contribution in [0.25, 0.3) is 0 Å². The quantitative estimate of drug-likeness (QED) is 0.801. The van der Waals surface area contributed by atoms with Crippen LogP contribution < -0.4 is 4.74 Å². The fraction of sp³-hybridized carbons (Fsp3) is 0.250. The molecule has 4 nitrogen and oxygen atoms in total. The average molecular weight is 268 g/mol. The van der Waals surface area contributed by atoms with E-state index in [-0.39, 0.29) is 11.2 Å². The summed E-state index contributed by atoms with van der Waals surface area (Å²) in [6, 6.07) is 3.52. The van der Waals surface area contributed by atoms with Gasteiger partial charge in [0.15, 0.2) is 5.75 Å². The van der Waals surface area contributed by atoms with E-state index in [0.717, 1.165) is 17.6 Å². The van der Waals surface area contributed by atoms with Crippen LogP contribution in [0.4, 0.5) is 4.39 Å². The Labute approximate surface area is 109 Å². The van der Waals surface area contributed by atoms with Gasteiger partial charge in [-0.25, -0.2) is 4.98 Å². The predicted octanol–water partition coefficient (Wildman–Crippen LogP) is 3.33. The fourth-order valence-electron chi connectivity index (χ4n) is 1.45. The minimum Gasteiger partial charge on any atom is -0.434 e. The van der Waals surface area contributed by atoms with E-state index in [0.29, 0.717) is 12.2 Å². The third kappa shape index (κ3) is 2.73. The zero-order valence-electron chi connectivity index (χ0n) is 9.94. The first-order chi connectivity index (χ1) is 8.60.